The lowest BCUT2D eigenvalue weighted by Gasteiger charge is -2.43. The fourth-order valence-corrected chi connectivity index (χ4v) is 6.79. The van der Waals surface area contributed by atoms with Crippen molar-refractivity contribution in [2.75, 3.05) is 19.6 Å². The number of aliphatic hydroxyl groups excluding tert-OH is 1. The summed E-state index contributed by atoms with van der Waals surface area (Å²) in [6.07, 6.45) is 4.86. The number of aromatic nitrogens is 3. The largest absolute Gasteiger partial charge is 0.388 e. The first-order chi connectivity index (χ1) is 19.8. The van der Waals surface area contributed by atoms with Crippen LogP contribution in [0.5, 0.6) is 0 Å². The van der Waals surface area contributed by atoms with Crippen LogP contribution in [0.1, 0.15) is 40.8 Å². The van der Waals surface area contributed by atoms with Crippen LogP contribution in [0.15, 0.2) is 64.4 Å². The number of aryl methyl sites for hydroxylation is 1. The zero-order valence-electron chi connectivity index (χ0n) is 21.9. The van der Waals surface area contributed by atoms with E-state index in [1.807, 2.05) is 16.4 Å². The number of thiazole rings is 1. The lowest BCUT2D eigenvalue weighted by molar-refractivity contribution is 0.0564. The number of fused-ring (bicyclic) bond motifs is 3. The summed E-state index contributed by atoms with van der Waals surface area (Å²) in [7, 11) is 0. The molecule has 0 spiro atoms. The number of piperidine rings is 1. The number of aliphatic imine (C=N–C) groups is 1. The summed E-state index contributed by atoms with van der Waals surface area (Å²) in [5.74, 6) is 0.179. The number of alkyl halides is 2. The second-order valence-electron chi connectivity index (χ2n) is 10.7. The highest BCUT2D eigenvalue weighted by atomic mass is 32.1. The normalized spacial score (nSPS) is 25.2. The molecule has 1 unspecified atom stereocenters. The molecule has 5 aliphatic rings. The maximum absolute atomic E-state index is 14.1. The van der Waals surface area contributed by atoms with E-state index in [2.05, 4.69) is 15.4 Å². The standard InChI is InChI=1S/C28H26F3N7O2S/c1-14-8-17(29)2-3-19(14)23-22(20-4-6-38(35-20)27(30)31)21-10-18(13-37(21)25(34-23)26-32-5-7-41-26)33-28(40)36-11-15-9-16(12-36)24(15)39/h2-9,15,18,23-24,27,39H,10-13H2,1H3,(H,33,40)/t15-,18-,23?,24-/m0/s1. The molecule has 8 rings (SSSR count). The van der Waals surface area contributed by atoms with Gasteiger partial charge in [-0.2, -0.15) is 13.9 Å². The van der Waals surface area contributed by atoms with Crippen LogP contribution in [-0.4, -0.2) is 73.3 Å². The van der Waals surface area contributed by atoms with E-state index in [0.29, 0.717) is 58.4 Å². The number of hydrogen-bond acceptors (Lipinski definition) is 7. The molecule has 2 saturated heterocycles. The summed E-state index contributed by atoms with van der Waals surface area (Å²) in [6, 6.07) is 4.80. The molecule has 2 N–H and O–H groups in total. The second kappa shape index (κ2) is 9.84. The SMILES string of the molecule is Cc1cc(F)ccc1C1N=C(c2nccs2)N2C[C@@H](NC(=O)N3CC4=C[C@@H](C3)[C@@H]4O)CC2=C1c1ccn(C(F)F)n1. The number of rotatable bonds is 5. The highest BCUT2D eigenvalue weighted by Gasteiger charge is 2.43. The van der Waals surface area contributed by atoms with Crippen LogP contribution in [0.3, 0.4) is 0 Å². The first-order valence-corrected chi connectivity index (χ1v) is 14.2. The van der Waals surface area contributed by atoms with Gasteiger partial charge in [-0.3, -0.25) is 4.99 Å². The Morgan fingerprint density at radius 2 is 2.10 bits per heavy atom. The minimum atomic E-state index is -2.81. The van der Waals surface area contributed by atoms with Crippen molar-refractivity contribution in [3.63, 3.8) is 0 Å². The maximum Gasteiger partial charge on any atom is 0.333 e. The molecule has 1 aromatic carbocycles. The Hall–Kier alpha value is -3.97. The summed E-state index contributed by atoms with van der Waals surface area (Å²) >= 11 is 1.42. The fraction of sp³-hybridized carbons (Fsp3) is 0.357. The first-order valence-electron chi connectivity index (χ1n) is 13.3. The molecule has 4 aliphatic heterocycles. The summed E-state index contributed by atoms with van der Waals surface area (Å²) in [6.45, 7) is 0.210. The molecule has 6 heterocycles. The molecule has 0 saturated carbocycles. The number of amides is 2. The number of urea groups is 1. The molecule has 41 heavy (non-hydrogen) atoms. The number of nitrogens with one attached hydrogen (secondary N) is 1. The molecule has 4 atom stereocenters. The number of hydrogen-bond donors (Lipinski definition) is 2. The average Bonchev–Trinajstić information content (AvgIpc) is 3.73. The topological polar surface area (TPSA) is 98.9 Å². The third-order valence-corrected chi connectivity index (χ3v) is 8.90. The summed E-state index contributed by atoms with van der Waals surface area (Å²) < 4.78 is 41.8. The Morgan fingerprint density at radius 3 is 2.76 bits per heavy atom. The smallest absolute Gasteiger partial charge is 0.333 e. The van der Waals surface area contributed by atoms with Crippen LogP contribution in [-0.2, 0) is 0 Å². The zero-order chi connectivity index (χ0) is 28.4. The third kappa shape index (κ3) is 4.43. The van der Waals surface area contributed by atoms with Crippen molar-refractivity contribution in [2.45, 2.75) is 38.1 Å². The third-order valence-electron chi connectivity index (χ3n) is 8.13. The van der Waals surface area contributed by atoms with Gasteiger partial charge in [0.05, 0.1) is 17.8 Å². The lowest BCUT2D eigenvalue weighted by atomic mass is 9.79. The Labute approximate surface area is 237 Å². The van der Waals surface area contributed by atoms with Gasteiger partial charge in [0.15, 0.2) is 10.8 Å². The molecule has 2 amide bonds. The predicted molar refractivity (Wildman–Crippen MR) is 146 cm³/mol. The van der Waals surface area contributed by atoms with E-state index in [1.165, 1.54) is 35.7 Å². The molecule has 3 aromatic rings. The molecule has 13 heteroatoms. The van der Waals surface area contributed by atoms with Gasteiger partial charge < -0.3 is 20.2 Å². The van der Waals surface area contributed by atoms with Crippen LogP contribution in [0, 0.1) is 18.7 Å². The zero-order valence-corrected chi connectivity index (χ0v) is 22.7. The van der Waals surface area contributed by atoms with Gasteiger partial charge in [0, 0.05) is 61.0 Å². The van der Waals surface area contributed by atoms with Crippen molar-refractivity contribution in [2.24, 2.45) is 10.9 Å². The van der Waals surface area contributed by atoms with Crippen molar-refractivity contribution in [1.29, 1.82) is 0 Å². The van der Waals surface area contributed by atoms with Crippen molar-refractivity contribution in [1.82, 2.24) is 29.9 Å². The van der Waals surface area contributed by atoms with E-state index < -0.39 is 18.7 Å². The van der Waals surface area contributed by atoms with E-state index in [4.69, 9.17) is 4.99 Å². The van der Waals surface area contributed by atoms with Gasteiger partial charge in [-0.25, -0.2) is 18.9 Å². The number of amidine groups is 1. The van der Waals surface area contributed by atoms with E-state index in [0.717, 1.165) is 16.8 Å². The van der Waals surface area contributed by atoms with Gasteiger partial charge in [0.2, 0.25) is 0 Å². The van der Waals surface area contributed by atoms with E-state index >= 15 is 0 Å². The van der Waals surface area contributed by atoms with Gasteiger partial charge in [0.1, 0.15) is 11.9 Å². The van der Waals surface area contributed by atoms with Gasteiger partial charge in [-0.1, -0.05) is 12.1 Å². The van der Waals surface area contributed by atoms with Crippen LogP contribution < -0.4 is 5.32 Å². The Morgan fingerprint density at radius 1 is 1.24 bits per heavy atom. The number of aliphatic hydroxyl groups is 1. The van der Waals surface area contributed by atoms with E-state index in [9.17, 15) is 23.1 Å². The summed E-state index contributed by atoms with van der Waals surface area (Å²) in [5.41, 5.74) is 4.01. The van der Waals surface area contributed by atoms with E-state index in [1.54, 1.807) is 24.1 Å². The molecular formula is C28H26F3N7O2S. The summed E-state index contributed by atoms with van der Waals surface area (Å²) in [4.78, 5) is 26.5. The minimum Gasteiger partial charge on any atom is -0.388 e. The fourth-order valence-electron chi connectivity index (χ4n) is 6.15. The highest BCUT2D eigenvalue weighted by molar-refractivity contribution is 7.11. The van der Waals surface area contributed by atoms with Crippen LogP contribution >= 0.6 is 11.3 Å². The van der Waals surface area contributed by atoms with Gasteiger partial charge in [-0.15, -0.1) is 11.3 Å². The maximum atomic E-state index is 14.1. The molecule has 1 aliphatic carbocycles. The number of nitrogens with zero attached hydrogens (tertiary/aromatic N) is 6. The Bertz CT molecular complexity index is 1620. The first kappa shape index (κ1) is 26.0. The number of halogens is 3. The number of carbonyl (C=O) groups excluding carboxylic acids is 1. The molecule has 2 bridgehead atoms. The van der Waals surface area contributed by atoms with Crippen LogP contribution in [0.25, 0.3) is 5.57 Å². The number of benzene rings is 1. The minimum absolute atomic E-state index is 0.0398. The van der Waals surface area contributed by atoms with E-state index in [-0.39, 0.29) is 23.8 Å². The monoisotopic (exact) mass is 581 g/mol. The molecule has 2 aromatic heterocycles. The van der Waals surface area contributed by atoms with Gasteiger partial charge >= 0.3 is 12.6 Å². The predicted octanol–water partition coefficient (Wildman–Crippen LogP) is 4.11. The second-order valence-corrected chi connectivity index (χ2v) is 11.6. The Kier molecular flexibility index (Phi) is 6.23. The van der Waals surface area contributed by atoms with Crippen molar-refractivity contribution >= 4 is 28.8 Å². The molecule has 2 fully saturated rings. The molecule has 0 radical (unpaired) electrons. The quantitative estimate of drug-likeness (QED) is 0.442. The van der Waals surface area contributed by atoms with Crippen molar-refractivity contribution in [3.8, 4) is 0 Å². The van der Waals surface area contributed by atoms with Gasteiger partial charge in [-0.05, 0) is 41.8 Å². The summed E-state index contributed by atoms with van der Waals surface area (Å²) in [5, 5.41) is 19.9. The molecule has 212 valence electrons. The highest BCUT2D eigenvalue weighted by Crippen LogP contribution is 2.45. The van der Waals surface area contributed by atoms with Crippen LogP contribution in [0.2, 0.25) is 0 Å². The van der Waals surface area contributed by atoms with Crippen molar-refractivity contribution < 1.29 is 23.1 Å². The number of carbonyl (C=O) groups is 1. The van der Waals surface area contributed by atoms with Crippen LogP contribution in [0.4, 0.5) is 18.0 Å². The van der Waals surface area contributed by atoms with Crippen molar-refractivity contribution in [3.05, 3.63) is 87.0 Å². The average molecular weight is 582 g/mol. The Balaban J connectivity index is 1.29. The molecular weight excluding hydrogens is 555 g/mol. The molecule has 9 nitrogen and oxygen atoms in total. The lowest BCUT2D eigenvalue weighted by Crippen LogP contribution is -2.56. The van der Waals surface area contributed by atoms with Gasteiger partial charge in [0.25, 0.3) is 0 Å².